The first-order chi connectivity index (χ1) is 12.0. The number of hydrogen-bond acceptors (Lipinski definition) is 4. The monoisotopic (exact) mass is 342 g/mol. The Labute approximate surface area is 146 Å². The summed E-state index contributed by atoms with van der Waals surface area (Å²) in [6.07, 6.45) is 4.00. The van der Waals surface area contributed by atoms with E-state index in [-0.39, 0.29) is 36.1 Å². The highest BCUT2D eigenvalue weighted by Gasteiger charge is 2.65. The number of benzene rings is 1. The zero-order valence-corrected chi connectivity index (χ0v) is 14.5. The molecule has 1 N–H and O–H groups in total. The van der Waals surface area contributed by atoms with E-state index >= 15 is 0 Å². The lowest BCUT2D eigenvalue weighted by atomic mass is 9.87. The SMILES string of the molecule is COc1ccc(C(C)=O)cc1CN1C(=O)NC(C2CC2)(C2CC2)C1=O. The minimum atomic E-state index is -0.692. The Morgan fingerprint density at radius 2 is 1.88 bits per heavy atom. The van der Waals surface area contributed by atoms with Crippen LogP contribution in [0.15, 0.2) is 18.2 Å². The van der Waals surface area contributed by atoms with Gasteiger partial charge in [-0.2, -0.15) is 0 Å². The summed E-state index contributed by atoms with van der Waals surface area (Å²) >= 11 is 0. The van der Waals surface area contributed by atoms with E-state index in [2.05, 4.69) is 5.32 Å². The maximum atomic E-state index is 13.2. The van der Waals surface area contributed by atoms with E-state index in [9.17, 15) is 14.4 Å². The van der Waals surface area contributed by atoms with Crippen LogP contribution in [-0.4, -0.2) is 35.3 Å². The van der Waals surface area contributed by atoms with E-state index in [1.807, 2.05) is 0 Å². The number of urea groups is 1. The second kappa shape index (κ2) is 5.58. The molecule has 1 heterocycles. The Morgan fingerprint density at radius 3 is 2.40 bits per heavy atom. The number of Topliss-reactive ketones (excluding diaryl/α,β-unsaturated/α-hetero) is 1. The van der Waals surface area contributed by atoms with Crippen molar-refractivity contribution in [2.45, 2.75) is 44.7 Å². The number of methoxy groups -OCH3 is 1. The zero-order valence-electron chi connectivity index (χ0n) is 14.5. The highest BCUT2D eigenvalue weighted by molar-refractivity contribution is 6.08. The second-order valence-corrected chi connectivity index (χ2v) is 7.32. The fraction of sp³-hybridized carbons (Fsp3) is 0.526. The van der Waals surface area contributed by atoms with Crippen molar-refractivity contribution in [2.24, 2.45) is 11.8 Å². The van der Waals surface area contributed by atoms with Gasteiger partial charge in [-0.25, -0.2) is 4.79 Å². The van der Waals surface area contributed by atoms with Crippen molar-refractivity contribution in [3.8, 4) is 5.75 Å². The third-order valence-electron chi connectivity index (χ3n) is 5.62. The molecule has 6 nitrogen and oxygen atoms in total. The van der Waals surface area contributed by atoms with Crippen molar-refractivity contribution in [1.82, 2.24) is 10.2 Å². The average molecular weight is 342 g/mol. The van der Waals surface area contributed by atoms with Crippen LogP contribution >= 0.6 is 0 Å². The van der Waals surface area contributed by atoms with E-state index in [4.69, 9.17) is 4.74 Å². The van der Waals surface area contributed by atoms with Crippen LogP contribution in [0.4, 0.5) is 4.79 Å². The second-order valence-electron chi connectivity index (χ2n) is 7.32. The molecule has 3 fully saturated rings. The molecule has 0 aromatic heterocycles. The van der Waals surface area contributed by atoms with Gasteiger partial charge in [-0.05, 0) is 62.6 Å². The summed E-state index contributed by atoms with van der Waals surface area (Å²) in [6, 6.07) is 4.77. The lowest BCUT2D eigenvalue weighted by Crippen LogP contribution is -2.51. The highest BCUT2D eigenvalue weighted by Crippen LogP contribution is 2.54. The van der Waals surface area contributed by atoms with Crippen LogP contribution < -0.4 is 10.1 Å². The third-order valence-corrected chi connectivity index (χ3v) is 5.62. The maximum Gasteiger partial charge on any atom is 0.325 e. The number of amides is 3. The Kier molecular flexibility index (Phi) is 3.60. The molecule has 2 aliphatic carbocycles. The summed E-state index contributed by atoms with van der Waals surface area (Å²) in [4.78, 5) is 38.7. The molecule has 1 aliphatic heterocycles. The molecule has 3 aliphatic rings. The summed E-state index contributed by atoms with van der Waals surface area (Å²) in [5, 5.41) is 3.02. The van der Waals surface area contributed by atoms with E-state index in [0.717, 1.165) is 25.7 Å². The molecule has 25 heavy (non-hydrogen) atoms. The fourth-order valence-corrected chi connectivity index (χ4v) is 4.01. The van der Waals surface area contributed by atoms with Gasteiger partial charge in [-0.15, -0.1) is 0 Å². The predicted molar refractivity (Wildman–Crippen MR) is 90.3 cm³/mol. The van der Waals surface area contributed by atoms with Crippen molar-refractivity contribution >= 4 is 17.7 Å². The molecule has 2 saturated carbocycles. The van der Waals surface area contributed by atoms with Gasteiger partial charge in [0.2, 0.25) is 0 Å². The molecule has 4 rings (SSSR count). The minimum absolute atomic E-state index is 0.0635. The van der Waals surface area contributed by atoms with Crippen LogP contribution in [0.2, 0.25) is 0 Å². The van der Waals surface area contributed by atoms with Gasteiger partial charge in [-0.3, -0.25) is 14.5 Å². The van der Waals surface area contributed by atoms with E-state index in [1.54, 1.807) is 18.2 Å². The molecule has 1 saturated heterocycles. The lowest BCUT2D eigenvalue weighted by molar-refractivity contribution is -0.133. The number of nitrogens with one attached hydrogen (secondary N) is 1. The van der Waals surface area contributed by atoms with Gasteiger partial charge in [0.1, 0.15) is 11.3 Å². The highest BCUT2D eigenvalue weighted by atomic mass is 16.5. The molecule has 6 heteroatoms. The van der Waals surface area contributed by atoms with Crippen molar-refractivity contribution < 1.29 is 19.1 Å². The molecule has 0 atom stereocenters. The first kappa shape index (κ1) is 16.1. The number of imide groups is 1. The van der Waals surface area contributed by atoms with E-state index in [0.29, 0.717) is 16.9 Å². The van der Waals surface area contributed by atoms with Crippen molar-refractivity contribution in [3.63, 3.8) is 0 Å². The van der Waals surface area contributed by atoms with Crippen LogP contribution in [0.25, 0.3) is 0 Å². The standard InChI is InChI=1S/C19H22N2O4/c1-11(22)12-3-8-16(25-2)13(9-12)10-21-17(23)19(14-4-5-14,15-6-7-15)20-18(21)24/h3,8-9,14-15H,4-7,10H2,1-2H3,(H,20,24). The molecule has 0 bridgehead atoms. The van der Waals surface area contributed by atoms with E-state index in [1.165, 1.54) is 18.9 Å². The van der Waals surface area contributed by atoms with Crippen LogP contribution in [0.3, 0.4) is 0 Å². The van der Waals surface area contributed by atoms with Gasteiger partial charge in [0.15, 0.2) is 5.78 Å². The molecule has 0 radical (unpaired) electrons. The zero-order chi connectivity index (χ0) is 17.8. The number of hydrogen-bond donors (Lipinski definition) is 1. The Balaban J connectivity index is 1.65. The number of rotatable bonds is 6. The summed E-state index contributed by atoms with van der Waals surface area (Å²) in [7, 11) is 1.54. The summed E-state index contributed by atoms with van der Waals surface area (Å²) < 4.78 is 5.35. The largest absolute Gasteiger partial charge is 0.496 e. The first-order valence-electron chi connectivity index (χ1n) is 8.79. The van der Waals surface area contributed by atoms with Gasteiger partial charge in [0.25, 0.3) is 5.91 Å². The van der Waals surface area contributed by atoms with Gasteiger partial charge in [0, 0.05) is 11.1 Å². The predicted octanol–water partition coefficient (Wildman–Crippen LogP) is 2.51. The molecular formula is C19H22N2O4. The Bertz CT molecular complexity index is 753. The number of ketones is 1. The van der Waals surface area contributed by atoms with Crippen molar-refractivity contribution in [2.75, 3.05) is 7.11 Å². The number of nitrogens with zero attached hydrogens (tertiary/aromatic N) is 1. The Morgan fingerprint density at radius 1 is 1.24 bits per heavy atom. The molecule has 0 unspecified atom stereocenters. The number of carbonyl (C=O) groups is 3. The van der Waals surface area contributed by atoms with Gasteiger partial charge < -0.3 is 10.1 Å². The molecule has 1 aromatic rings. The minimum Gasteiger partial charge on any atom is -0.496 e. The summed E-state index contributed by atoms with van der Waals surface area (Å²) in [5.74, 6) is 0.934. The summed E-state index contributed by atoms with van der Waals surface area (Å²) in [6.45, 7) is 1.61. The van der Waals surface area contributed by atoms with E-state index < -0.39 is 5.54 Å². The molecule has 132 valence electrons. The normalized spacial score (nSPS) is 22.1. The van der Waals surface area contributed by atoms with Crippen molar-refractivity contribution in [1.29, 1.82) is 0 Å². The topological polar surface area (TPSA) is 75.7 Å². The number of carbonyl (C=O) groups excluding carboxylic acids is 3. The van der Waals surface area contributed by atoms with Crippen molar-refractivity contribution in [3.05, 3.63) is 29.3 Å². The number of ether oxygens (including phenoxy) is 1. The smallest absolute Gasteiger partial charge is 0.325 e. The van der Waals surface area contributed by atoms with Gasteiger partial charge in [0.05, 0.1) is 13.7 Å². The molecule has 3 amide bonds. The quantitative estimate of drug-likeness (QED) is 0.637. The average Bonchev–Trinajstić information content (AvgIpc) is 3.48. The molecule has 0 spiro atoms. The van der Waals surface area contributed by atoms with Crippen LogP contribution in [-0.2, 0) is 11.3 Å². The van der Waals surface area contributed by atoms with Crippen LogP contribution in [0.5, 0.6) is 5.75 Å². The maximum absolute atomic E-state index is 13.2. The van der Waals surface area contributed by atoms with Gasteiger partial charge in [-0.1, -0.05) is 0 Å². The summed E-state index contributed by atoms with van der Waals surface area (Å²) in [5.41, 5.74) is 0.516. The Hall–Kier alpha value is -2.37. The molecule has 1 aromatic carbocycles. The first-order valence-corrected chi connectivity index (χ1v) is 8.79. The third kappa shape index (κ3) is 2.51. The fourth-order valence-electron chi connectivity index (χ4n) is 4.01. The lowest BCUT2D eigenvalue weighted by Gasteiger charge is -2.26. The molecular weight excluding hydrogens is 320 g/mol. The van der Waals surface area contributed by atoms with Crippen LogP contribution in [0.1, 0.15) is 48.5 Å². The van der Waals surface area contributed by atoms with Crippen LogP contribution in [0, 0.1) is 11.8 Å². The van der Waals surface area contributed by atoms with Gasteiger partial charge >= 0.3 is 6.03 Å².